The maximum Gasteiger partial charge on any atom is 0.294 e. The third kappa shape index (κ3) is 4.41. The van der Waals surface area contributed by atoms with Crippen LogP contribution in [-0.2, 0) is 4.84 Å². The molecule has 0 saturated heterocycles. The molecule has 0 bridgehead atoms. The third-order valence-electron chi connectivity index (χ3n) is 1.54. The van der Waals surface area contributed by atoms with E-state index in [-0.39, 0.29) is 31.5 Å². The van der Waals surface area contributed by atoms with Crippen molar-refractivity contribution >= 4 is 29.7 Å². The van der Waals surface area contributed by atoms with Gasteiger partial charge < -0.3 is 10.2 Å². The molecule has 0 aliphatic carbocycles. The zero-order chi connectivity index (χ0) is 11.3. The van der Waals surface area contributed by atoms with Gasteiger partial charge in [-0.2, -0.15) is 0 Å². The average molecular weight is 268 g/mol. The number of nitrogens with one attached hydrogen (secondary N) is 1. The first-order chi connectivity index (χ1) is 7.11. The summed E-state index contributed by atoms with van der Waals surface area (Å²) in [5, 5.41) is 11.4. The van der Waals surface area contributed by atoms with Crippen LogP contribution < -0.4 is 5.32 Å². The maximum absolute atomic E-state index is 11.4. The first-order valence-corrected chi connectivity index (χ1v) is 4.95. The number of aromatic nitrogens is 1. The van der Waals surface area contributed by atoms with E-state index in [1.54, 1.807) is 12.4 Å². The van der Waals surface area contributed by atoms with E-state index in [9.17, 15) is 14.9 Å². The summed E-state index contributed by atoms with van der Waals surface area (Å²) in [5.74, 6) is -0.290. The lowest BCUT2D eigenvalue weighted by Gasteiger charge is -2.02. The molecule has 0 aromatic carbocycles. The number of halogens is 1. The Hall–Kier alpha value is -1.41. The predicted octanol–water partition coefficient (Wildman–Crippen LogP) is 0.811. The quantitative estimate of drug-likeness (QED) is 0.484. The highest BCUT2D eigenvalue weighted by atomic mass is 35.5. The van der Waals surface area contributed by atoms with Crippen LogP contribution in [0.3, 0.4) is 0 Å². The molecule has 9 heteroatoms. The number of carbonyl (C=O) groups is 1. The summed E-state index contributed by atoms with van der Waals surface area (Å²) >= 11 is 1.22. The standard InChI is InChI=1S/C7H9N3O4S.ClH/c1-5-6(15-4-9-5)7(11)8-2-3-14-10(12)13;/h4H,2-3H2,1H3,(H,8,11);1H. The van der Waals surface area contributed by atoms with Crippen molar-refractivity contribution in [2.24, 2.45) is 0 Å². The Morgan fingerprint density at radius 2 is 2.44 bits per heavy atom. The van der Waals surface area contributed by atoms with Crippen molar-refractivity contribution in [1.29, 1.82) is 0 Å². The second-order valence-corrected chi connectivity index (χ2v) is 3.43. The summed E-state index contributed by atoms with van der Waals surface area (Å²) in [4.78, 5) is 29.7. The second kappa shape index (κ2) is 6.96. The average Bonchev–Trinajstić information content (AvgIpc) is 2.58. The fraction of sp³-hybridized carbons (Fsp3) is 0.429. The van der Waals surface area contributed by atoms with Crippen LogP contribution in [0, 0.1) is 17.0 Å². The van der Waals surface area contributed by atoms with Gasteiger partial charge in [-0.3, -0.25) is 4.79 Å². The summed E-state index contributed by atoms with van der Waals surface area (Å²) in [6.07, 6.45) is 0. The van der Waals surface area contributed by atoms with Crippen LogP contribution in [0.15, 0.2) is 5.51 Å². The Labute approximate surface area is 101 Å². The van der Waals surface area contributed by atoms with E-state index in [2.05, 4.69) is 15.1 Å². The fourth-order valence-corrected chi connectivity index (χ4v) is 1.60. The van der Waals surface area contributed by atoms with Gasteiger partial charge >= 0.3 is 0 Å². The van der Waals surface area contributed by atoms with Crippen molar-refractivity contribution in [2.75, 3.05) is 13.2 Å². The summed E-state index contributed by atoms with van der Waals surface area (Å²) < 4.78 is 0. The molecule has 1 amide bonds. The molecule has 1 heterocycles. The van der Waals surface area contributed by atoms with Crippen molar-refractivity contribution < 1.29 is 14.7 Å². The van der Waals surface area contributed by atoms with Gasteiger partial charge in [0.05, 0.1) is 11.2 Å². The van der Waals surface area contributed by atoms with E-state index >= 15 is 0 Å². The molecule has 1 rings (SSSR count). The lowest BCUT2D eigenvalue weighted by atomic mass is 10.4. The van der Waals surface area contributed by atoms with E-state index in [0.29, 0.717) is 10.6 Å². The van der Waals surface area contributed by atoms with Gasteiger partial charge in [-0.25, -0.2) is 4.98 Å². The molecule has 16 heavy (non-hydrogen) atoms. The minimum Gasteiger partial charge on any atom is -0.349 e. The molecular weight excluding hydrogens is 258 g/mol. The number of nitrogens with zero attached hydrogens (tertiary/aromatic N) is 2. The van der Waals surface area contributed by atoms with Crippen LogP contribution in [0.2, 0.25) is 0 Å². The Balaban J connectivity index is 0.00000225. The molecule has 0 aliphatic rings. The Kier molecular flexibility index (Phi) is 6.35. The normalized spacial score (nSPS) is 9.06. The van der Waals surface area contributed by atoms with E-state index in [1.165, 1.54) is 11.3 Å². The highest BCUT2D eigenvalue weighted by Gasteiger charge is 2.10. The van der Waals surface area contributed by atoms with Gasteiger partial charge in [0.2, 0.25) is 0 Å². The van der Waals surface area contributed by atoms with Crippen LogP contribution in [0.1, 0.15) is 15.4 Å². The van der Waals surface area contributed by atoms with Gasteiger partial charge in [-0.1, -0.05) is 0 Å². The lowest BCUT2D eigenvalue weighted by molar-refractivity contribution is -0.757. The SMILES string of the molecule is Cc1ncsc1C(=O)NCCO[N+](=O)[O-].Cl. The molecular formula is C7H10ClN3O4S. The van der Waals surface area contributed by atoms with E-state index in [4.69, 9.17) is 0 Å². The molecule has 0 spiro atoms. The smallest absolute Gasteiger partial charge is 0.294 e. The van der Waals surface area contributed by atoms with Crippen LogP contribution in [0.25, 0.3) is 0 Å². The van der Waals surface area contributed by atoms with Crippen molar-refractivity contribution in [1.82, 2.24) is 10.3 Å². The monoisotopic (exact) mass is 267 g/mol. The first-order valence-electron chi connectivity index (χ1n) is 4.07. The second-order valence-electron chi connectivity index (χ2n) is 2.58. The highest BCUT2D eigenvalue weighted by Crippen LogP contribution is 2.10. The molecule has 0 aliphatic heterocycles. The van der Waals surface area contributed by atoms with Gasteiger partial charge in [0.25, 0.3) is 11.0 Å². The number of aryl methyl sites for hydroxylation is 1. The summed E-state index contributed by atoms with van der Waals surface area (Å²) in [7, 11) is 0. The molecule has 0 atom stereocenters. The van der Waals surface area contributed by atoms with Crippen LogP contribution in [0.4, 0.5) is 0 Å². The Morgan fingerprint density at radius 3 is 2.94 bits per heavy atom. The Bertz CT molecular complexity index is 370. The minimum absolute atomic E-state index is 0. The van der Waals surface area contributed by atoms with E-state index in [0.717, 1.165) is 0 Å². The Morgan fingerprint density at radius 1 is 1.75 bits per heavy atom. The summed E-state index contributed by atoms with van der Waals surface area (Å²) in [6, 6.07) is 0. The molecule has 0 saturated carbocycles. The van der Waals surface area contributed by atoms with Gasteiger partial charge in [0.15, 0.2) is 0 Å². The minimum atomic E-state index is -0.899. The fourth-order valence-electron chi connectivity index (χ4n) is 0.885. The molecule has 90 valence electrons. The molecule has 7 nitrogen and oxygen atoms in total. The summed E-state index contributed by atoms with van der Waals surface area (Å²) in [5.41, 5.74) is 2.21. The molecule has 0 fully saturated rings. The highest BCUT2D eigenvalue weighted by molar-refractivity contribution is 7.11. The zero-order valence-electron chi connectivity index (χ0n) is 8.34. The van der Waals surface area contributed by atoms with Crippen molar-refractivity contribution in [2.45, 2.75) is 6.92 Å². The molecule has 0 radical (unpaired) electrons. The molecule has 0 unspecified atom stereocenters. The van der Waals surface area contributed by atoms with Gasteiger partial charge in [0, 0.05) is 6.54 Å². The number of hydrogen-bond donors (Lipinski definition) is 1. The lowest BCUT2D eigenvalue weighted by Crippen LogP contribution is -2.27. The van der Waals surface area contributed by atoms with Crippen molar-refractivity contribution in [3.8, 4) is 0 Å². The van der Waals surface area contributed by atoms with Gasteiger partial charge in [-0.15, -0.1) is 33.9 Å². The number of thiazole rings is 1. The van der Waals surface area contributed by atoms with Crippen molar-refractivity contribution in [3.05, 3.63) is 26.2 Å². The van der Waals surface area contributed by atoms with E-state index in [1.807, 2.05) is 0 Å². The third-order valence-corrected chi connectivity index (χ3v) is 2.46. The number of rotatable bonds is 5. The number of amides is 1. The van der Waals surface area contributed by atoms with Crippen molar-refractivity contribution in [3.63, 3.8) is 0 Å². The molecule has 1 N–H and O–H groups in total. The molecule has 1 aromatic rings. The zero-order valence-corrected chi connectivity index (χ0v) is 9.97. The van der Waals surface area contributed by atoms with Gasteiger partial charge in [0.1, 0.15) is 11.5 Å². The number of carbonyl (C=O) groups excluding carboxylic acids is 1. The van der Waals surface area contributed by atoms with Crippen LogP contribution in [0.5, 0.6) is 0 Å². The van der Waals surface area contributed by atoms with Crippen LogP contribution in [-0.4, -0.2) is 29.1 Å². The molecule has 1 aromatic heterocycles. The van der Waals surface area contributed by atoms with Gasteiger partial charge in [-0.05, 0) is 6.92 Å². The van der Waals surface area contributed by atoms with E-state index < -0.39 is 5.09 Å². The summed E-state index contributed by atoms with van der Waals surface area (Å²) in [6.45, 7) is 1.66. The topological polar surface area (TPSA) is 94.4 Å². The largest absolute Gasteiger partial charge is 0.349 e. The predicted molar refractivity (Wildman–Crippen MR) is 59.4 cm³/mol. The number of hydrogen-bond acceptors (Lipinski definition) is 6. The maximum atomic E-state index is 11.4. The van der Waals surface area contributed by atoms with Crippen LogP contribution >= 0.6 is 23.7 Å². The first kappa shape index (κ1) is 14.6.